The number of allylic oxidation sites excluding steroid dienone is 3. The molecule has 1 aromatic heterocycles. The lowest BCUT2D eigenvalue weighted by molar-refractivity contribution is -0.0963. The van der Waals surface area contributed by atoms with Crippen LogP contribution in [0.2, 0.25) is 0 Å². The van der Waals surface area contributed by atoms with Crippen LogP contribution >= 0.6 is 0 Å². The normalized spacial score (nSPS) is 42.6. The summed E-state index contributed by atoms with van der Waals surface area (Å²) >= 11 is 0. The van der Waals surface area contributed by atoms with Crippen molar-refractivity contribution < 1.29 is 19.7 Å². The smallest absolute Gasteiger partial charge is 0.145 e. The van der Waals surface area contributed by atoms with Crippen molar-refractivity contribution in [2.45, 2.75) is 75.3 Å². The van der Waals surface area contributed by atoms with E-state index < -0.39 is 23.5 Å². The van der Waals surface area contributed by atoms with E-state index in [1.807, 2.05) is 18.3 Å². The van der Waals surface area contributed by atoms with Crippen LogP contribution in [0.4, 0.5) is 4.39 Å². The van der Waals surface area contributed by atoms with Gasteiger partial charge in [0, 0.05) is 35.5 Å². The first-order chi connectivity index (χ1) is 15.8. The van der Waals surface area contributed by atoms with E-state index in [1.54, 1.807) is 6.20 Å². The van der Waals surface area contributed by atoms with Crippen molar-refractivity contribution in [1.29, 1.82) is 0 Å². The Labute approximate surface area is 193 Å². The molecule has 174 valence electrons. The van der Waals surface area contributed by atoms with Gasteiger partial charge in [-0.15, -0.1) is 0 Å². The van der Waals surface area contributed by atoms with Gasteiger partial charge in [-0.05, 0) is 78.7 Å². The third-order valence-corrected chi connectivity index (χ3v) is 9.41. The van der Waals surface area contributed by atoms with E-state index in [0.717, 1.165) is 16.3 Å². The van der Waals surface area contributed by atoms with Gasteiger partial charge in [-0.1, -0.05) is 31.2 Å². The van der Waals surface area contributed by atoms with E-state index in [2.05, 4.69) is 36.2 Å². The quantitative estimate of drug-likeness (QED) is 0.551. The largest absolute Gasteiger partial charge is 0.393 e. The predicted molar refractivity (Wildman–Crippen MR) is 126 cm³/mol. The molecule has 1 heterocycles. The maximum absolute atomic E-state index is 16.2. The predicted octanol–water partition coefficient (Wildman–Crippen LogP) is 4.73. The molecular weight excluding hydrogens is 417 g/mol. The van der Waals surface area contributed by atoms with Gasteiger partial charge in [0.15, 0.2) is 0 Å². The average molecular weight is 450 g/mol. The Kier molecular flexibility index (Phi) is 4.69. The van der Waals surface area contributed by atoms with Crippen LogP contribution in [0.1, 0.15) is 57.4 Å². The molecule has 2 saturated carbocycles. The lowest BCUT2D eigenvalue weighted by Gasteiger charge is -2.50. The third kappa shape index (κ3) is 2.95. The lowest BCUT2D eigenvalue weighted by Crippen LogP contribution is -2.55. The Morgan fingerprint density at radius 3 is 2.76 bits per heavy atom. The molecule has 1 aromatic carbocycles. The fraction of sp³-hybridized carbons (Fsp3) is 0.536. The number of aliphatic hydroxyl groups is 3. The topological polar surface area (TPSA) is 73.6 Å². The van der Waals surface area contributed by atoms with Crippen molar-refractivity contribution in [3.8, 4) is 0 Å². The minimum absolute atomic E-state index is 0.0519. The molecule has 4 nitrogen and oxygen atoms in total. The van der Waals surface area contributed by atoms with Crippen molar-refractivity contribution in [3.63, 3.8) is 0 Å². The Bertz CT molecular complexity index is 1180. The third-order valence-electron chi connectivity index (χ3n) is 9.41. The van der Waals surface area contributed by atoms with E-state index in [1.165, 1.54) is 5.57 Å². The Morgan fingerprint density at radius 1 is 1.06 bits per heavy atom. The Hall–Kier alpha value is -2.08. The number of nitrogens with zero attached hydrogens (tertiary/aromatic N) is 1. The molecule has 0 aliphatic heterocycles. The van der Waals surface area contributed by atoms with Gasteiger partial charge in [0.2, 0.25) is 0 Å². The Morgan fingerprint density at radius 2 is 1.91 bits per heavy atom. The molecule has 6 rings (SSSR count). The molecule has 6 unspecified atom stereocenters. The van der Waals surface area contributed by atoms with Crippen molar-refractivity contribution >= 4 is 16.3 Å². The van der Waals surface area contributed by atoms with Crippen LogP contribution in [0.3, 0.4) is 0 Å². The van der Waals surface area contributed by atoms with Crippen LogP contribution in [0, 0.1) is 17.3 Å². The second kappa shape index (κ2) is 7.21. The molecule has 0 saturated heterocycles. The molecule has 4 aliphatic carbocycles. The molecule has 2 fully saturated rings. The van der Waals surface area contributed by atoms with Gasteiger partial charge < -0.3 is 15.3 Å². The summed E-state index contributed by atoms with van der Waals surface area (Å²) in [5.74, 6) is -0.447. The highest BCUT2D eigenvalue weighted by Gasteiger charge is 2.62. The van der Waals surface area contributed by atoms with E-state index >= 15 is 4.39 Å². The number of pyridine rings is 1. The number of aliphatic hydroxyl groups excluding tert-OH is 2. The van der Waals surface area contributed by atoms with Gasteiger partial charge in [-0.3, -0.25) is 4.98 Å². The fourth-order valence-electron chi connectivity index (χ4n) is 7.59. The first-order valence-electron chi connectivity index (χ1n) is 12.3. The number of benzene rings is 1. The molecule has 0 amide bonds. The highest BCUT2D eigenvalue weighted by Crippen LogP contribution is 2.63. The summed E-state index contributed by atoms with van der Waals surface area (Å²) < 4.78 is 16.2. The number of halogens is 1. The molecule has 0 spiro atoms. The summed E-state index contributed by atoms with van der Waals surface area (Å²) in [6.45, 7) is 2.21. The van der Waals surface area contributed by atoms with Gasteiger partial charge in [-0.2, -0.15) is 0 Å². The number of alkyl halides is 1. The average Bonchev–Trinajstić information content (AvgIpc) is 3.12. The van der Waals surface area contributed by atoms with Crippen LogP contribution in [0.25, 0.3) is 16.3 Å². The SMILES string of the molecule is CC12CC=C3C(O)C4(F)CC(O)CCC4CC[C@]3(O)C1CC=C2c1ccc2cnccc2c1. The van der Waals surface area contributed by atoms with Crippen LogP contribution in [-0.2, 0) is 0 Å². The van der Waals surface area contributed by atoms with Gasteiger partial charge in [0.1, 0.15) is 11.8 Å². The van der Waals surface area contributed by atoms with E-state index in [-0.39, 0.29) is 23.7 Å². The van der Waals surface area contributed by atoms with Crippen LogP contribution < -0.4 is 0 Å². The van der Waals surface area contributed by atoms with Crippen LogP contribution in [-0.4, -0.2) is 43.8 Å². The zero-order valence-electron chi connectivity index (χ0n) is 19.0. The highest BCUT2D eigenvalue weighted by molar-refractivity contribution is 5.87. The Balaban J connectivity index is 1.40. The molecule has 0 bridgehead atoms. The zero-order chi connectivity index (χ0) is 23.0. The lowest BCUT2D eigenvalue weighted by atomic mass is 9.57. The van der Waals surface area contributed by atoms with Gasteiger partial charge in [0.25, 0.3) is 0 Å². The summed E-state index contributed by atoms with van der Waals surface area (Å²) in [7, 11) is 0. The van der Waals surface area contributed by atoms with Crippen molar-refractivity contribution in [2.24, 2.45) is 17.3 Å². The summed E-state index contributed by atoms with van der Waals surface area (Å²) in [6, 6.07) is 8.42. The maximum atomic E-state index is 16.2. The second-order valence-electron chi connectivity index (χ2n) is 11.0. The fourth-order valence-corrected chi connectivity index (χ4v) is 7.59. The molecule has 5 heteroatoms. The zero-order valence-corrected chi connectivity index (χ0v) is 19.0. The van der Waals surface area contributed by atoms with E-state index in [0.29, 0.717) is 44.1 Å². The molecule has 3 N–H and O–H groups in total. The minimum Gasteiger partial charge on any atom is -0.393 e. The minimum atomic E-state index is -1.87. The molecular formula is C28H32FNO3. The molecule has 0 radical (unpaired) electrons. The second-order valence-corrected chi connectivity index (χ2v) is 11.0. The number of fused-ring (bicyclic) bond motifs is 5. The number of aromatic nitrogens is 1. The monoisotopic (exact) mass is 449 g/mol. The van der Waals surface area contributed by atoms with Gasteiger partial charge in [-0.25, -0.2) is 4.39 Å². The number of hydrogen-bond donors (Lipinski definition) is 3. The van der Waals surface area contributed by atoms with Crippen molar-refractivity contribution in [1.82, 2.24) is 4.98 Å². The van der Waals surface area contributed by atoms with Crippen LogP contribution in [0.15, 0.2) is 54.4 Å². The molecule has 7 atom stereocenters. The molecule has 2 aromatic rings. The summed E-state index contributed by atoms with van der Waals surface area (Å²) in [5.41, 5.74) is -0.598. The molecule has 33 heavy (non-hydrogen) atoms. The van der Waals surface area contributed by atoms with Crippen molar-refractivity contribution in [3.05, 3.63) is 59.9 Å². The number of rotatable bonds is 1. The van der Waals surface area contributed by atoms with Gasteiger partial charge >= 0.3 is 0 Å². The van der Waals surface area contributed by atoms with E-state index in [4.69, 9.17) is 0 Å². The maximum Gasteiger partial charge on any atom is 0.145 e. The molecule has 4 aliphatic rings. The summed E-state index contributed by atoms with van der Waals surface area (Å²) in [4.78, 5) is 4.20. The summed E-state index contributed by atoms with van der Waals surface area (Å²) in [6.07, 6.45) is 9.10. The first-order valence-corrected chi connectivity index (χ1v) is 12.3. The van der Waals surface area contributed by atoms with Crippen LogP contribution in [0.5, 0.6) is 0 Å². The highest BCUT2D eigenvalue weighted by atomic mass is 19.1. The first kappa shape index (κ1) is 21.5. The standard InChI is InChI=1S/C28H32FNO3/c1-26-11-9-23-25(32)27(29)15-21(31)5-4-20(27)8-12-28(23,33)24(26)7-6-22(26)18-2-3-19-16-30-13-10-17(19)14-18/h2-3,6,9-10,13-14,16,20-21,24-25,31-33H,4-5,7-8,11-12,15H2,1H3/t20?,21?,24?,25?,26?,27?,28-/m1/s1. The van der Waals surface area contributed by atoms with E-state index in [9.17, 15) is 15.3 Å². The van der Waals surface area contributed by atoms with Gasteiger partial charge in [0.05, 0.1) is 11.7 Å². The summed E-state index contributed by atoms with van der Waals surface area (Å²) in [5, 5.41) is 35.8. The number of hydrogen-bond acceptors (Lipinski definition) is 4. The van der Waals surface area contributed by atoms with Crippen molar-refractivity contribution in [2.75, 3.05) is 0 Å².